The zero-order chi connectivity index (χ0) is 9.42. The second-order valence-electron chi connectivity index (χ2n) is 2.58. The van der Waals surface area contributed by atoms with Crippen LogP contribution in [0.1, 0.15) is 0 Å². The van der Waals surface area contributed by atoms with Crippen LogP contribution in [0.5, 0.6) is 0 Å². The molecule has 4 heteroatoms. The maximum Gasteiger partial charge on any atom is 0.0365 e. The molecule has 0 aliphatic rings. The molecule has 0 fully saturated rings. The van der Waals surface area contributed by atoms with Crippen molar-refractivity contribution in [1.29, 1.82) is 0 Å². The van der Waals surface area contributed by atoms with E-state index in [0.717, 1.165) is 4.90 Å². The molecule has 1 aromatic carbocycles. The Labute approximate surface area is 105 Å². The van der Waals surface area contributed by atoms with Gasteiger partial charge in [-0.05, 0) is 41.0 Å². The Morgan fingerprint density at radius 2 is 2.23 bits per heavy atom. The van der Waals surface area contributed by atoms with Gasteiger partial charge in [-0.25, -0.2) is 0 Å². The van der Waals surface area contributed by atoms with Gasteiger partial charge in [0.1, 0.15) is 0 Å². The molecular formula is C9H7IS3. The SMILES string of the molecule is CSc1csc2ccc(S)c(I)c12. The summed E-state index contributed by atoms with van der Waals surface area (Å²) in [6.45, 7) is 0. The van der Waals surface area contributed by atoms with Gasteiger partial charge in [0.2, 0.25) is 0 Å². The smallest absolute Gasteiger partial charge is 0.0365 e. The second kappa shape index (κ2) is 4.00. The molecule has 0 unspecified atom stereocenters. The van der Waals surface area contributed by atoms with Gasteiger partial charge < -0.3 is 0 Å². The van der Waals surface area contributed by atoms with Gasteiger partial charge in [0.05, 0.1) is 0 Å². The highest BCUT2D eigenvalue weighted by molar-refractivity contribution is 14.1. The Morgan fingerprint density at radius 3 is 2.92 bits per heavy atom. The number of fused-ring (bicyclic) bond motifs is 1. The molecule has 0 spiro atoms. The first-order valence-corrected chi connectivity index (χ1v) is 7.29. The Kier molecular flexibility index (Phi) is 3.12. The third-order valence-corrected chi connectivity index (χ3v) is 5.62. The highest BCUT2D eigenvalue weighted by Gasteiger charge is 2.08. The summed E-state index contributed by atoms with van der Waals surface area (Å²) in [5.41, 5.74) is 0. The molecule has 13 heavy (non-hydrogen) atoms. The Balaban J connectivity index is 2.85. The number of hydrogen-bond acceptors (Lipinski definition) is 3. The minimum Gasteiger partial charge on any atom is -0.143 e. The summed E-state index contributed by atoms with van der Waals surface area (Å²) in [5, 5.41) is 3.58. The van der Waals surface area contributed by atoms with E-state index in [9.17, 15) is 0 Å². The summed E-state index contributed by atoms with van der Waals surface area (Å²) in [4.78, 5) is 2.43. The zero-order valence-corrected chi connectivity index (χ0v) is 11.6. The van der Waals surface area contributed by atoms with Crippen LogP contribution >= 0.6 is 58.3 Å². The molecule has 0 bridgehead atoms. The van der Waals surface area contributed by atoms with Crippen molar-refractivity contribution in [3.8, 4) is 0 Å². The van der Waals surface area contributed by atoms with E-state index >= 15 is 0 Å². The van der Waals surface area contributed by atoms with Crippen LogP contribution in [0.25, 0.3) is 10.1 Å². The van der Waals surface area contributed by atoms with E-state index in [1.54, 1.807) is 23.1 Å². The van der Waals surface area contributed by atoms with Crippen molar-refractivity contribution >= 4 is 68.4 Å². The molecule has 0 saturated carbocycles. The van der Waals surface area contributed by atoms with E-state index in [2.05, 4.69) is 59.0 Å². The minimum absolute atomic E-state index is 1.07. The van der Waals surface area contributed by atoms with Crippen LogP contribution in [0.4, 0.5) is 0 Å². The standard InChI is InChI=1S/C9H7IS3/c1-12-7-4-13-6-3-2-5(11)9(10)8(6)7/h2-4,11H,1H3. The summed E-state index contributed by atoms with van der Waals surface area (Å²) in [6.07, 6.45) is 2.11. The van der Waals surface area contributed by atoms with Crippen LogP contribution in [0.2, 0.25) is 0 Å². The Hall–Kier alpha value is 0.610. The van der Waals surface area contributed by atoms with Crippen LogP contribution in [-0.2, 0) is 0 Å². The summed E-state index contributed by atoms with van der Waals surface area (Å²) >= 11 is 10.4. The van der Waals surface area contributed by atoms with Gasteiger partial charge in [0, 0.05) is 28.8 Å². The van der Waals surface area contributed by atoms with Crippen molar-refractivity contribution in [1.82, 2.24) is 0 Å². The maximum atomic E-state index is 4.42. The molecular weight excluding hydrogens is 331 g/mol. The fraction of sp³-hybridized carbons (Fsp3) is 0.111. The van der Waals surface area contributed by atoms with Crippen molar-refractivity contribution < 1.29 is 0 Å². The molecule has 0 saturated heterocycles. The van der Waals surface area contributed by atoms with Gasteiger partial charge in [0.25, 0.3) is 0 Å². The predicted octanol–water partition coefficient (Wildman–Crippen LogP) is 4.52. The third kappa shape index (κ3) is 1.73. The quantitative estimate of drug-likeness (QED) is 0.453. The largest absolute Gasteiger partial charge is 0.143 e. The molecule has 68 valence electrons. The molecule has 2 aromatic rings. The average molecular weight is 338 g/mol. The number of thioether (sulfide) groups is 1. The summed E-state index contributed by atoms with van der Waals surface area (Å²) in [5.74, 6) is 0. The Bertz CT molecular complexity index is 447. The summed E-state index contributed by atoms with van der Waals surface area (Å²) in [7, 11) is 0. The Morgan fingerprint density at radius 1 is 1.46 bits per heavy atom. The van der Waals surface area contributed by atoms with Gasteiger partial charge in [-0.1, -0.05) is 0 Å². The molecule has 1 aromatic heterocycles. The van der Waals surface area contributed by atoms with E-state index in [1.807, 2.05) is 0 Å². The number of rotatable bonds is 1. The molecule has 0 atom stereocenters. The molecule has 2 rings (SSSR count). The first kappa shape index (κ1) is 10.1. The number of thiophene rings is 1. The van der Waals surface area contributed by atoms with Gasteiger partial charge >= 0.3 is 0 Å². The van der Waals surface area contributed by atoms with Crippen LogP contribution in [0.3, 0.4) is 0 Å². The summed E-state index contributed by atoms with van der Waals surface area (Å²) in [6, 6.07) is 4.21. The molecule has 0 amide bonds. The number of halogens is 1. The van der Waals surface area contributed by atoms with Crippen molar-refractivity contribution in [2.75, 3.05) is 6.26 Å². The zero-order valence-electron chi connectivity index (χ0n) is 6.87. The third-order valence-electron chi connectivity index (χ3n) is 1.84. The fourth-order valence-corrected chi connectivity index (χ4v) is 4.35. The molecule has 0 N–H and O–H groups in total. The normalized spacial score (nSPS) is 11.0. The predicted molar refractivity (Wildman–Crippen MR) is 73.6 cm³/mol. The van der Waals surface area contributed by atoms with E-state index in [0.29, 0.717) is 0 Å². The first-order valence-electron chi connectivity index (χ1n) is 3.66. The van der Waals surface area contributed by atoms with E-state index in [4.69, 9.17) is 0 Å². The summed E-state index contributed by atoms with van der Waals surface area (Å²) < 4.78 is 2.62. The highest BCUT2D eigenvalue weighted by Crippen LogP contribution is 2.37. The second-order valence-corrected chi connectivity index (χ2v) is 5.90. The lowest BCUT2D eigenvalue weighted by Gasteiger charge is -2.00. The maximum absolute atomic E-state index is 4.42. The van der Waals surface area contributed by atoms with Crippen molar-refractivity contribution in [3.63, 3.8) is 0 Å². The van der Waals surface area contributed by atoms with Gasteiger partial charge in [-0.2, -0.15) is 0 Å². The highest BCUT2D eigenvalue weighted by atomic mass is 127. The number of benzene rings is 1. The van der Waals surface area contributed by atoms with Gasteiger partial charge in [0.15, 0.2) is 0 Å². The average Bonchev–Trinajstić information content (AvgIpc) is 2.55. The van der Waals surface area contributed by atoms with Crippen LogP contribution in [-0.4, -0.2) is 6.26 Å². The first-order chi connectivity index (χ1) is 6.24. The van der Waals surface area contributed by atoms with E-state index in [-0.39, 0.29) is 0 Å². The lowest BCUT2D eigenvalue weighted by molar-refractivity contribution is 1.45. The lowest BCUT2D eigenvalue weighted by Crippen LogP contribution is -1.77. The van der Waals surface area contributed by atoms with Crippen LogP contribution in [0.15, 0.2) is 27.3 Å². The number of hydrogen-bond donors (Lipinski definition) is 1. The monoisotopic (exact) mass is 338 g/mol. The topological polar surface area (TPSA) is 0 Å². The molecule has 1 heterocycles. The van der Waals surface area contributed by atoms with Gasteiger partial charge in [-0.3, -0.25) is 0 Å². The lowest BCUT2D eigenvalue weighted by atomic mass is 10.3. The van der Waals surface area contributed by atoms with E-state index in [1.165, 1.54) is 18.6 Å². The molecule has 0 aliphatic carbocycles. The van der Waals surface area contributed by atoms with Crippen molar-refractivity contribution in [2.45, 2.75) is 9.79 Å². The molecule has 0 aliphatic heterocycles. The minimum atomic E-state index is 1.07. The van der Waals surface area contributed by atoms with Crippen molar-refractivity contribution in [3.05, 3.63) is 21.1 Å². The van der Waals surface area contributed by atoms with Crippen molar-refractivity contribution in [2.24, 2.45) is 0 Å². The van der Waals surface area contributed by atoms with Crippen LogP contribution < -0.4 is 0 Å². The van der Waals surface area contributed by atoms with E-state index < -0.39 is 0 Å². The molecule has 0 nitrogen and oxygen atoms in total. The fourth-order valence-electron chi connectivity index (χ4n) is 1.20. The molecule has 0 radical (unpaired) electrons. The van der Waals surface area contributed by atoms with Gasteiger partial charge in [-0.15, -0.1) is 35.7 Å². The number of thiol groups is 1. The van der Waals surface area contributed by atoms with Crippen LogP contribution in [0, 0.1) is 3.57 Å².